The van der Waals surface area contributed by atoms with Gasteiger partial charge in [-0.1, -0.05) is 48.6 Å². The maximum Gasteiger partial charge on any atom is 0.0427 e. The van der Waals surface area contributed by atoms with Crippen molar-refractivity contribution in [2.75, 3.05) is 0 Å². The minimum Gasteiger partial charge on any atom is -0.152 e. The van der Waals surface area contributed by atoms with Gasteiger partial charge >= 0.3 is 0 Å². The molecule has 0 fully saturated rings. The van der Waals surface area contributed by atoms with Gasteiger partial charge in [-0.05, 0) is 34.0 Å². The summed E-state index contributed by atoms with van der Waals surface area (Å²) in [6.07, 6.45) is 4.41. The first-order valence-corrected chi connectivity index (χ1v) is 8.28. The van der Waals surface area contributed by atoms with E-state index in [9.17, 15) is 0 Å². The molecule has 2 heterocycles. The molecule has 0 unspecified atom stereocenters. The molecule has 4 rings (SSSR count). The van der Waals surface area contributed by atoms with Crippen LogP contribution < -0.4 is 0 Å². The van der Waals surface area contributed by atoms with E-state index in [2.05, 4.69) is 71.4 Å². The van der Waals surface area contributed by atoms with E-state index in [4.69, 9.17) is 0 Å². The van der Waals surface area contributed by atoms with Gasteiger partial charge in [0.2, 0.25) is 0 Å². The van der Waals surface area contributed by atoms with Gasteiger partial charge in [0.05, 0.1) is 0 Å². The first kappa shape index (κ1) is 11.9. The smallest absolute Gasteiger partial charge is 0.0427 e. The largest absolute Gasteiger partial charge is 0.152 e. The molecular weight excluding hydrogens is 280 g/mol. The van der Waals surface area contributed by atoms with Crippen LogP contribution in [0.4, 0.5) is 0 Å². The normalized spacial score (nSPS) is 11.8. The Bertz CT molecular complexity index is 896. The summed E-state index contributed by atoms with van der Waals surface area (Å²) < 4.78 is 2.74. The van der Waals surface area contributed by atoms with Gasteiger partial charge in [-0.3, -0.25) is 0 Å². The Morgan fingerprint density at radius 3 is 2.60 bits per heavy atom. The van der Waals surface area contributed by atoms with Crippen molar-refractivity contribution in [3.05, 3.63) is 70.4 Å². The molecule has 0 saturated carbocycles. The fraction of sp³-hybridized carbons (Fsp3) is 0. The molecule has 0 radical (unpaired) electrons. The summed E-state index contributed by atoms with van der Waals surface area (Å²) in [6, 6.07) is 17.3. The number of thiophene rings is 2. The Balaban J connectivity index is 1.91. The zero-order chi connectivity index (χ0) is 13.4. The third-order valence-corrected chi connectivity index (χ3v) is 5.37. The van der Waals surface area contributed by atoms with E-state index in [0.717, 1.165) is 0 Å². The molecule has 0 N–H and O–H groups in total. The predicted octanol–water partition coefficient (Wildman–Crippen LogP) is 6.29. The van der Waals surface area contributed by atoms with E-state index < -0.39 is 0 Å². The summed E-state index contributed by atoms with van der Waals surface area (Å²) >= 11 is 3.61. The molecule has 2 aromatic heterocycles. The molecule has 0 aliphatic heterocycles. The Morgan fingerprint density at radius 2 is 1.70 bits per heavy atom. The van der Waals surface area contributed by atoms with Crippen LogP contribution in [0, 0.1) is 0 Å². The Hall–Kier alpha value is -1.90. The van der Waals surface area contributed by atoms with Crippen LogP contribution in [0.25, 0.3) is 32.3 Å². The van der Waals surface area contributed by atoms with Crippen molar-refractivity contribution in [1.29, 1.82) is 0 Å². The lowest BCUT2D eigenvalue weighted by Crippen LogP contribution is -1.72. The van der Waals surface area contributed by atoms with Crippen LogP contribution in [0.3, 0.4) is 0 Å². The fourth-order valence-corrected chi connectivity index (χ4v) is 4.28. The van der Waals surface area contributed by atoms with E-state index >= 15 is 0 Å². The molecule has 20 heavy (non-hydrogen) atoms. The highest BCUT2D eigenvalue weighted by Gasteiger charge is 2.06. The van der Waals surface area contributed by atoms with Gasteiger partial charge in [0.15, 0.2) is 0 Å². The van der Waals surface area contributed by atoms with Gasteiger partial charge in [-0.2, -0.15) is 11.3 Å². The standard InChI is InChI=1S/C18H12S2/c1-2-7-17-15(5-1)16-6-3-4-14(18(16)20-17)9-8-13-10-11-19-12-13/h1-12H/b9-8+. The molecule has 0 atom stereocenters. The molecule has 96 valence electrons. The molecular formula is C18H12S2. The van der Waals surface area contributed by atoms with E-state index in [1.807, 2.05) is 11.3 Å². The molecule has 0 amide bonds. The molecule has 0 saturated heterocycles. The maximum atomic E-state index is 2.22. The molecule has 0 spiro atoms. The Kier molecular flexibility index (Phi) is 2.91. The van der Waals surface area contributed by atoms with Crippen molar-refractivity contribution >= 4 is 55.0 Å². The van der Waals surface area contributed by atoms with Gasteiger partial charge in [0.25, 0.3) is 0 Å². The van der Waals surface area contributed by atoms with E-state index in [1.54, 1.807) is 11.3 Å². The summed E-state index contributed by atoms with van der Waals surface area (Å²) in [6.45, 7) is 0. The number of hydrogen-bond acceptors (Lipinski definition) is 2. The van der Waals surface area contributed by atoms with Gasteiger partial charge in [0, 0.05) is 20.2 Å². The average Bonchev–Trinajstić information content (AvgIpc) is 3.12. The van der Waals surface area contributed by atoms with Crippen molar-refractivity contribution in [2.24, 2.45) is 0 Å². The number of rotatable bonds is 2. The lowest BCUT2D eigenvalue weighted by Gasteiger charge is -1.96. The van der Waals surface area contributed by atoms with Crippen LogP contribution in [0.5, 0.6) is 0 Å². The fourth-order valence-electron chi connectivity index (χ4n) is 2.46. The number of fused-ring (bicyclic) bond motifs is 3. The van der Waals surface area contributed by atoms with E-state index in [-0.39, 0.29) is 0 Å². The lowest BCUT2D eigenvalue weighted by molar-refractivity contribution is 1.79. The van der Waals surface area contributed by atoms with Crippen LogP contribution in [-0.4, -0.2) is 0 Å². The van der Waals surface area contributed by atoms with E-state index in [0.29, 0.717) is 0 Å². The lowest BCUT2D eigenvalue weighted by atomic mass is 10.1. The molecule has 4 aromatic rings. The third-order valence-electron chi connectivity index (χ3n) is 3.43. The summed E-state index contributed by atoms with van der Waals surface area (Å²) in [5.74, 6) is 0. The Morgan fingerprint density at radius 1 is 0.800 bits per heavy atom. The summed E-state index contributed by atoms with van der Waals surface area (Å²) in [5, 5.41) is 7.00. The molecule has 0 nitrogen and oxygen atoms in total. The van der Waals surface area contributed by atoms with Crippen LogP contribution in [-0.2, 0) is 0 Å². The van der Waals surface area contributed by atoms with Gasteiger partial charge in [0.1, 0.15) is 0 Å². The molecule has 2 aromatic carbocycles. The van der Waals surface area contributed by atoms with Crippen LogP contribution in [0.2, 0.25) is 0 Å². The van der Waals surface area contributed by atoms with Gasteiger partial charge in [-0.15, -0.1) is 11.3 Å². The summed E-state index contributed by atoms with van der Waals surface area (Å²) in [4.78, 5) is 0. The highest BCUT2D eigenvalue weighted by molar-refractivity contribution is 7.26. The monoisotopic (exact) mass is 292 g/mol. The van der Waals surface area contributed by atoms with Gasteiger partial charge < -0.3 is 0 Å². The number of benzene rings is 2. The Labute approximate surface area is 125 Å². The SMILES string of the molecule is C(=C\c1cccc2c1sc1ccccc12)/c1ccsc1. The van der Waals surface area contributed by atoms with Crippen LogP contribution >= 0.6 is 22.7 Å². The zero-order valence-corrected chi connectivity index (χ0v) is 12.4. The quantitative estimate of drug-likeness (QED) is 0.407. The average molecular weight is 292 g/mol. The first-order chi connectivity index (χ1) is 9.92. The minimum absolute atomic E-state index is 1.27. The summed E-state index contributed by atoms with van der Waals surface area (Å²) in [5.41, 5.74) is 2.57. The predicted molar refractivity (Wildman–Crippen MR) is 92.6 cm³/mol. The molecule has 2 heteroatoms. The molecule has 0 aliphatic rings. The number of hydrogen-bond donors (Lipinski definition) is 0. The summed E-state index contributed by atoms with van der Waals surface area (Å²) in [7, 11) is 0. The van der Waals surface area contributed by atoms with Crippen molar-refractivity contribution in [2.45, 2.75) is 0 Å². The second-order valence-electron chi connectivity index (χ2n) is 4.71. The van der Waals surface area contributed by atoms with Gasteiger partial charge in [-0.25, -0.2) is 0 Å². The highest BCUT2D eigenvalue weighted by Crippen LogP contribution is 2.36. The molecule has 0 aliphatic carbocycles. The van der Waals surface area contributed by atoms with E-state index in [1.165, 1.54) is 31.3 Å². The minimum atomic E-state index is 1.27. The van der Waals surface area contributed by atoms with Crippen molar-refractivity contribution < 1.29 is 0 Å². The van der Waals surface area contributed by atoms with Crippen LogP contribution in [0.1, 0.15) is 11.1 Å². The maximum absolute atomic E-state index is 2.22. The zero-order valence-electron chi connectivity index (χ0n) is 10.7. The van der Waals surface area contributed by atoms with Crippen LogP contribution in [0.15, 0.2) is 59.3 Å². The second-order valence-corrected chi connectivity index (χ2v) is 6.54. The highest BCUT2D eigenvalue weighted by atomic mass is 32.1. The topological polar surface area (TPSA) is 0 Å². The second kappa shape index (κ2) is 4.89. The van der Waals surface area contributed by atoms with Crippen molar-refractivity contribution in [3.63, 3.8) is 0 Å². The van der Waals surface area contributed by atoms with Crippen molar-refractivity contribution in [1.82, 2.24) is 0 Å². The molecule has 0 bridgehead atoms. The first-order valence-electron chi connectivity index (χ1n) is 6.52. The van der Waals surface area contributed by atoms with Crippen molar-refractivity contribution in [3.8, 4) is 0 Å². The third kappa shape index (κ3) is 1.98.